The molecule has 0 fully saturated rings. The molecular formula is C17H13N3O3. The molecule has 0 aromatic heterocycles. The number of aryl methyl sites for hydroxylation is 1. The van der Waals surface area contributed by atoms with Crippen LogP contribution >= 0.6 is 0 Å². The Balaban J connectivity index is 2.25. The van der Waals surface area contributed by atoms with Gasteiger partial charge >= 0.3 is 0 Å². The van der Waals surface area contributed by atoms with Gasteiger partial charge in [-0.05, 0) is 36.3 Å². The van der Waals surface area contributed by atoms with Crippen molar-refractivity contribution >= 4 is 23.4 Å². The second-order valence-electron chi connectivity index (χ2n) is 4.85. The number of nitrogens with one attached hydrogen (secondary N) is 1. The maximum atomic E-state index is 12.1. The van der Waals surface area contributed by atoms with Crippen molar-refractivity contribution in [1.82, 2.24) is 0 Å². The molecular weight excluding hydrogens is 294 g/mol. The van der Waals surface area contributed by atoms with Crippen LogP contribution in [-0.2, 0) is 4.79 Å². The molecule has 0 heterocycles. The van der Waals surface area contributed by atoms with E-state index >= 15 is 0 Å². The van der Waals surface area contributed by atoms with Gasteiger partial charge in [-0.15, -0.1) is 0 Å². The summed E-state index contributed by atoms with van der Waals surface area (Å²) in [7, 11) is 0. The van der Waals surface area contributed by atoms with Crippen molar-refractivity contribution in [2.75, 3.05) is 5.32 Å². The number of carbonyl (C=O) groups is 1. The highest BCUT2D eigenvalue weighted by atomic mass is 16.6. The number of benzene rings is 2. The van der Waals surface area contributed by atoms with Gasteiger partial charge < -0.3 is 5.32 Å². The topological polar surface area (TPSA) is 96.0 Å². The van der Waals surface area contributed by atoms with Gasteiger partial charge in [-0.3, -0.25) is 14.9 Å². The zero-order valence-corrected chi connectivity index (χ0v) is 12.3. The van der Waals surface area contributed by atoms with Crippen molar-refractivity contribution in [3.05, 3.63) is 75.3 Å². The van der Waals surface area contributed by atoms with E-state index in [1.807, 2.05) is 19.1 Å². The number of nitriles is 1. The zero-order chi connectivity index (χ0) is 16.8. The molecule has 0 aliphatic heterocycles. The number of nitro groups is 1. The van der Waals surface area contributed by atoms with Crippen molar-refractivity contribution in [1.29, 1.82) is 5.26 Å². The van der Waals surface area contributed by atoms with Gasteiger partial charge in [0.15, 0.2) is 0 Å². The fourth-order valence-corrected chi connectivity index (χ4v) is 1.96. The summed E-state index contributed by atoms with van der Waals surface area (Å²) in [5.74, 6) is -0.565. The summed E-state index contributed by atoms with van der Waals surface area (Å²) in [5.41, 5.74) is 1.73. The van der Waals surface area contributed by atoms with Gasteiger partial charge in [-0.2, -0.15) is 5.26 Å². The molecule has 0 bridgehead atoms. The summed E-state index contributed by atoms with van der Waals surface area (Å²) in [4.78, 5) is 22.4. The second-order valence-corrected chi connectivity index (χ2v) is 4.85. The minimum Gasteiger partial charge on any atom is -0.321 e. The van der Waals surface area contributed by atoms with Crippen LogP contribution in [0, 0.1) is 28.4 Å². The normalized spacial score (nSPS) is 10.7. The van der Waals surface area contributed by atoms with E-state index < -0.39 is 10.8 Å². The summed E-state index contributed by atoms with van der Waals surface area (Å²) in [6.45, 7) is 1.89. The number of amides is 1. The van der Waals surface area contributed by atoms with Crippen LogP contribution in [-0.4, -0.2) is 10.8 Å². The first kappa shape index (κ1) is 15.9. The molecule has 0 saturated carbocycles. The standard InChI is InChI=1S/C17H13N3O3/c1-12-4-2-6-15(8-12)19-17(21)14(11-18)9-13-5-3-7-16(10-13)20(22)23/h2-10H,1H3,(H,19,21). The molecule has 6 nitrogen and oxygen atoms in total. The van der Waals surface area contributed by atoms with Crippen molar-refractivity contribution in [2.24, 2.45) is 0 Å². The maximum Gasteiger partial charge on any atom is 0.270 e. The number of hydrogen-bond donors (Lipinski definition) is 1. The molecule has 0 unspecified atom stereocenters. The predicted molar refractivity (Wildman–Crippen MR) is 86.5 cm³/mol. The van der Waals surface area contributed by atoms with Gasteiger partial charge in [0.2, 0.25) is 0 Å². The average molecular weight is 307 g/mol. The Bertz CT molecular complexity index is 835. The van der Waals surface area contributed by atoms with Crippen LogP contribution < -0.4 is 5.32 Å². The summed E-state index contributed by atoms with van der Waals surface area (Å²) in [5, 5.41) is 22.5. The molecule has 0 aliphatic rings. The van der Waals surface area contributed by atoms with Gasteiger partial charge in [-0.1, -0.05) is 24.3 Å². The largest absolute Gasteiger partial charge is 0.321 e. The molecule has 2 rings (SSSR count). The van der Waals surface area contributed by atoms with E-state index in [4.69, 9.17) is 5.26 Å². The molecule has 114 valence electrons. The van der Waals surface area contributed by atoms with E-state index in [0.29, 0.717) is 11.3 Å². The second kappa shape index (κ2) is 7.00. The predicted octanol–water partition coefficient (Wildman–Crippen LogP) is 3.45. The smallest absolute Gasteiger partial charge is 0.270 e. The first-order valence-electron chi connectivity index (χ1n) is 6.74. The van der Waals surface area contributed by atoms with Crippen LogP contribution in [0.5, 0.6) is 0 Å². The minimum atomic E-state index is -0.565. The monoisotopic (exact) mass is 307 g/mol. The van der Waals surface area contributed by atoms with Crippen LogP contribution in [0.25, 0.3) is 6.08 Å². The third-order valence-corrected chi connectivity index (χ3v) is 3.03. The molecule has 6 heteroatoms. The van der Waals surface area contributed by atoms with E-state index in [1.54, 1.807) is 24.3 Å². The third kappa shape index (κ3) is 4.25. The maximum absolute atomic E-state index is 12.1. The minimum absolute atomic E-state index is 0.102. The van der Waals surface area contributed by atoms with Gasteiger partial charge in [-0.25, -0.2) is 0 Å². The molecule has 0 radical (unpaired) electrons. The Hall–Kier alpha value is -3.46. The van der Waals surface area contributed by atoms with Gasteiger partial charge in [0.05, 0.1) is 4.92 Å². The van der Waals surface area contributed by atoms with Gasteiger partial charge in [0.1, 0.15) is 11.6 Å². The molecule has 0 atom stereocenters. The van der Waals surface area contributed by atoms with Gasteiger partial charge in [0, 0.05) is 17.8 Å². The van der Waals surface area contributed by atoms with Crippen LogP contribution in [0.3, 0.4) is 0 Å². The lowest BCUT2D eigenvalue weighted by Gasteiger charge is -2.05. The highest BCUT2D eigenvalue weighted by Crippen LogP contribution is 2.17. The van der Waals surface area contributed by atoms with Crippen LogP contribution in [0.1, 0.15) is 11.1 Å². The Morgan fingerprint density at radius 2 is 2.00 bits per heavy atom. The van der Waals surface area contributed by atoms with Crippen LogP contribution in [0.2, 0.25) is 0 Å². The lowest BCUT2D eigenvalue weighted by Crippen LogP contribution is -2.13. The highest BCUT2D eigenvalue weighted by Gasteiger charge is 2.11. The summed E-state index contributed by atoms with van der Waals surface area (Å²) in [6.07, 6.45) is 1.32. The number of anilines is 1. The van der Waals surface area contributed by atoms with E-state index in [1.165, 1.54) is 24.3 Å². The van der Waals surface area contributed by atoms with Crippen molar-refractivity contribution < 1.29 is 9.72 Å². The molecule has 0 saturated heterocycles. The summed E-state index contributed by atoms with van der Waals surface area (Å²) < 4.78 is 0. The van der Waals surface area contributed by atoms with E-state index in [0.717, 1.165) is 5.56 Å². The molecule has 0 spiro atoms. The number of rotatable bonds is 4. The fourth-order valence-electron chi connectivity index (χ4n) is 1.96. The number of non-ortho nitro benzene ring substituents is 1. The Morgan fingerprint density at radius 1 is 1.26 bits per heavy atom. The molecule has 0 aliphatic carbocycles. The molecule has 1 N–H and O–H groups in total. The first-order valence-corrected chi connectivity index (χ1v) is 6.74. The Kier molecular flexibility index (Phi) is 4.85. The third-order valence-electron chi connectivity index (χ3n) is 3.03. The lowest BCUT2D eigenvalue weighted by atomic mass is 10.1. The fraction of sp³-hybridized carbons (Fsp3) is 0.0588. The van der Waals surface area contributed by atoms with Crippen molar-refractivity contribution in [3.8, 4) is 6.07 Å². The van der Waals surface area contributed by atoms with Crippen LogP contribution in [0.4, 0.5) is 11.4 Å². The number of carbonyl (C=O) groups excluding carboxylic acids is 1. The SMILES string of the molecule is Cc1cccc(NC(=O)C(C#N)=Cc2cccc([N+](=O)[O-])c2)c1. The number of nitro benzene ring substituents is 1. The highest BCUT2D eigenvalue weighted by molar-refractivity contribution is 6.09. The average Bonchev–Trinajstić information content (AvgIpc) is 2.52. The van der Waals surface area contributed by atoms with E-state index in [2.05, 4.69) is 5.32 Å². The van der Waals surface area contributed by atoms with Crippen LogP contribution in [0.15, 0.2) is 54.1 Å². The van der Waals surface area contributed by atoms with E-state index in [-0.39, 0.29) is 11.3 Å². The molecule has 2 aromatic rings. The number of nitrogens with zero attached hydrogens (tertiary/aromatic N) is 2. The number of hydrogen-bond acceptors (Lipinski definition) is 4. The summed E-state index contributed by atoms with van der Waals surface area (Å²) in [6, 6.07) is 14.7. The van der Waals surface area contributed by atoms with Crippen molar-refractivity contribution in [3.63, 3.8) is 0 Å². The first-order chi connectivity index (χ1) is 11.0. The van der Waals surface area contributed by atoms with E-state index in [9.17, 15) is 14.9 Å². The Labute approximate surface area is 132 Å². The van der Waals surface area contributed by atoms with Crippen molar-refractivity contribution in [2.45, 2.75) is 6.92 Å². The molecule has 23 heavy (non-hydrogen) atoms. The molecule has 2 aromatic carbocycles. The lowest BCUT2D eigenvalue weighted by molar-refractivity contribution is -0.384. The summed E-state index contributed by atoms with van der Waals surface area (Å²) >= 11 is 0. The molecule has 1 amide bonds. The quantitative estimate of drug-likeness (QED) is 0.405. The van der Waals surface area contributed by atoms with Gasteiger partial charge in [0.25, 0.3) is 11.6 Å². The zero-order valence-electron chi connectivity index (χ0n) is 12.3. The Morgan fingerprint density at radius 3 is 2.65 bits per heavy atom.